The predicted octanol–water partition coefficient (Wildman–Crippen LogP) is 2.25. The van der Waals surface area contributed by atoms with Crippen LogP contribution in [0.15, 0.2) is 24.4 Å². The maximum atomic E-state index is 5.09. The minimum Gasteiger partial charge on any atom is -0.481 e. The van der Waals surface area contributed by atoms with Crippen molar-refractivity contribution < 1.29 is 4.74 Å². The summed E-state index contributed by atoms with van der Waals surface area (Å²) in [6, 6.07) is 4.57. The first-order chi connectivity index (χ1) is 8.36. The van der Waals surface area contributed by atoms with Gasteiger partial charge in [0.1, 0.15) is 0 Å². The summed E-state index contributed by atoms with van der Waals surface area (Å²) in [7, 11) is 1.65. The standard InChI is InChI=1S/C14H18N2O/c1-17-14-5-3-11(9-16-14)12-4-2-10-6-7-15-13(12)8-10/h3-5,9-10,13,15H,2,6-8H2,1H3. The van der Waals surface area contributed by atoms with E-state index in [-0.39, 0.29) is 0 Å². The Kier molecular flexibility index (Phi) is 2.85. The van der Waals surface area contributed by atoms with Crippen molar-refractivity contribution in [3.63, 3.8) is 0 Å². The molecule has 3 rings (SSSR count). The van der Waals surface area contributed by atoms with Gasteiger partial charge < -0.3 is 10.1 Å². The van der Waals surface area contributed by atoms with Crippen LogP contribution in [0.1, 0.15) is 24.8 Å². The first-order valence-electron chi connectivity index (χ1n) is 6.30. The molecule has 2 bridgehead atoms. The highest BCUT2D eigenvalue weighted by molar-refractivity contribution is 5.70. The predicted molar refractivity (Wildman–Crippen MR) is 67.9 cm³/mol. The quantitative estimate of drug-likeness (QED) is 0.846. The van der Waals surface area contributed by atoms with E-state index in [1.54, 1.807) is 7.11 Å². The van der Waals surface area contributed by atoms with Gasteiger partial charge in [0, 0.05) is 18.3 Å². The minimum absolute atomic E-state index is 0.526. The number of fused-ring (bicyclic) bond motifs is 2. The molecule has 1 aliphatic carbocycles. The molecule has 1 aromatic heterocycles. The first-order valence-corrected chi connectivity index (χ1v) is 6.30. The van der Waals surface area contributed by atoms with Crippen LogP contribution in [0.5, 0.6) is 5.88 Å². The number of ether oxygens (including phenoxy) is 1. The summed E-state index contributed by atoms with van der Waals surface area (Å²) in [4.78, 5) is 4.29. The van der Waals surface area contributed by atoms with Gasteiger partial charge in [-0.3, -0.25) is 0 Å². The van der Waals surface area contributed by atoms with Crippen LogP contribution in [0, 0.1) is 5.92 Å². The highest BCUT2D eigenvalue weighted by Gasteiger charge is 2.28. The second-order valence-electron chi connectivity index (χ2n) is 4.88. The number of nitrogens with one attached hydrogen (secondary N) is 1. The number of rotatable bonds is 2. The van der Waals surface area contributed by atoms with Crippen molar-refractivity contribution in [1.82, 2.24) is 10.3 Å². The number of allylic oxidation sites excluding steroid dienone is 1. The van der Waals surface area contributed by atoms with Gasteiger partial charge in [-0.1, -0.05) is 6.08 Å². The number of aromatic nitrogens is 1. The normalized spacial score (nSPS) is 27.5. The number of nitrogens with zero attached hydrogens (tertiary/aromatic N) is 1. The molecule has 1 N–H and O–H groups in total. The van der Waals surface area contributed by atoms with E-state index in [0.717, 1.165) is 12.5 Å². The second-order valence-corrected chi connectivity index (χ2v) is 4.88. The van der Waals surface area contributed by atoms with Crippen molar-refractivity contribution in [2.45, 2.75) is 25.3 Å². The van der Waals surface area contributed by atoms with Gasteiger partial charge in [0.15, 0.2) is 0 Å². The van der Waals surface area contributed by atoms with Gasteiger partial charge in [-0.05, 0) is 48.9 Å². The summed E-state index contributed by atoms with van der Waals surface area (Å²) in [6.45, 7) is 1.15. The van der Waals surface area contributed by atoms with Crippen LogP contribution in [0.25, 0.3) is 5.57 Å². The Bertz CT molecular complexity index is 424. The van der Waals surface area contributed by atoms with Crippen LogP contribution in [0.3, 0.4) is 0 Å². The molecule has 2 atom stereocenters. The Morgan fingerprint density at radius 1 is 1.41 bits per heavy atom. The van der Waals surface area contributed by atoms with E-state index >= 15 is 0 Å². The zero-order chi connectivity index (χ0) is 11.7. The number of hydrogen-bond donors (Lipinski definition) is 1. The lowest BCUT2D eigenvalue weighted by molar-refractivity contribution is 0.329. The molecular formula is C14H18N2O. The summed E-state index contributed by atoms with van der Waals surface area (Å²) in [5, 5.41) is 3.60. The van der Waals surface area contributed by atoms with Gasteiger partial charge >= 0.3 is 0 Å². The van der Waals surface area contributed by atoms with Crippen LogP contribution >= 0.6 is 0 Å². The number of hydrogen-bond acceptors (Lipinski definition) is 3. The third-order valence-electron chi connectivity index (χ3n) is 3.84. The third-order valence-corrected chi connectivity index (χ3v) is 3.84. The average molecular weight is 230 g/mol. The molecule has 0 aromatic carbocycles. The molecule has 0 amide bonds. The lowest BCUT2D eigenvalue weighted by Gasteiger charge is -2.35. The highest BCUT2D eigenvalue weighted by Crippen LogP contribution is 2.34. The van der Waals surface area contributed by atoms with Gasteiger partial charge in [-0.15, -0.1) is 0 Å². The molecule has 0 spiro atoms. The Hall–Kier alpha value is -1.35. The molecule has 1 fully saturated rings. The summed E-state index contributed by atoms with van der Waals surface area (Å²) in [5.74, 6) is 1.57. The molecule has 2 aliphatic rings. The van der Waals surface area contributed by atoms with Crippen molar-refractivity contribution in [1.29, 1.82) is 0 Å². The van der Waals surface area contributed by atoms with E-state index in [2.05, 4.69) is 22.4 Å². The molecule has 90 valence electrons. The molecule has 0 saturated carbocycles. The second kappa shape index (κ2) is 4.49. The van der Waals surface area contributed by atoms with Gasteiger partial charge in [0.05, 0.1) is 7.11 Å². The topological polar surface area (TPSA) is 34.1 Å². The van der Waals surface area contributed by atoms with Crippen molar-refractivity contribution >= 4 is 5.57 Å². The fraction of sp³-hybridized carbons (Fsp3) is 0.500. The third kappa shape index (κ3) is 2.07. The van der Waals surface area contributed by atoms with Crippen molar-refractivity contribution in [2.24, 2.45) is 5.92 Å². The Labute approximate surface area is 102 Å². The Morgan fingerprint density at radius 2 is 2.35 bits per heavy atom. The van der Waals surface area contributed by atoms with E-state index in [4.69, 9.17) is 4.74 Å². The van der Waals surface area contributed by atoms with Crippen molar-refractivity contribution in [2.75, 3.05) is 13.7 Å². The monoisotopic (exact) mass is 230 g/mol. The zero-order valence-corrected chi connectivity index (χ0v) is 10.1. The highest BCUT2D eigenvalue weighted by atomic mass is 16.5. The van der Waals surface area contributed by atoms with Gasteiger partial charge in [0.2, 0.25) is 5.88 Å². The summed E-state index contributed by atoms with van der Waals surface area (Å²) >= 11 is 0. The lowest BCUT2D eigenvalue weighted by atomic mass is 9.79. The molecule has 0 radical (unpaired) electrons. The van der Waals surface area contributed by atoms with E-state index < -0.39 is 0 Å². The van der Waals surface area contributed by atoms with Crippen LogP contribution in [0.4, 0.5) is 0 Å². The van der Waals surface area contributed by atoms with E-state index in [1.165, 1.54) is 30.4 Å². The maximum Gasteiger partial charge on any atom is 0.212 e. The van der Waals surface area contributed by atoms with Gasteiger partial charge in [-0.2, -0.15) is 0 Å². The van der Waals surface area contributed by atoms with Crippen molar-refractivity contribution in [3.8, 4) is 5.88 Å². The molecular weight excluding hydrogens is 212 g/mol. The van der Waals surface area contributed by atoms with E-state index in [9.17, 15) is 0 Å². The van der Waals surface area contributed by atoms with E-state index in [1.807, 2.05) is 12.3 Å². The molecule has 1 saturated heterocycles. The van der Waals surface area contributed by atoms with Crippen LogP contribution in [-0.4, -0.2) is 24.7 Å². The molecule has 2 heterocycles. The molecule has 1 aromatic rings. The van der Waals surface area contributed by atoms with Crippen LogP contribution < -0.4 is 10.1 Å². The zero-order valence-electron chi connectivity index (χ0n) is 10.1. The molecule has 17 heavy (non-hydrogen) atoms. The SMILES string of the molecule is COc1ccc(C2=CCC3CCNC2C3)cn1. The largest absolute Gasteiger partial charge is 0.481 e. The first kappa shape index (κ1) is 10.8. The van der Waals surface area contributed by atoms with Gasteiger partial charge in [0.25, 0.3) is 0 Å². The summed E-state index contributed by atoms with van der Waals surface area (Å²) in [5.41, 5.74) is 2.64. The molecule has 3 nitrogen and oxygen atoms in total. The molecule has 3 heteroatoms. The average Bonchev–Trinajstić information content (AvgIpc) is 2.40. The maximum absolute atomic E-state index is 5.09. The van der Waals surface area contributed by atoms with Crippen LogP contribution in [0.2, 0.25) is 0 Å². The van der Waals surface area contributed by atoms with Gasteiger partial charge in [-0.25, -0.2) is 4.98 Å². The molecule has 1 aliphatic heterocycles. The Balaban J connectivity index is 1.87. The Morgan fingerprint density at radius 3 is 3.12 bits per heavy atom. The minimum atomic E-state index is 0.526. The smallest absolute Gasteiger partial charge is 0.212 e. The number of piperidine rings is 1. The summed E-state index contributed by atoms with van der Waals surface area (Å²) in [6.07, 6.45) is 8.12. The number of pyridine rings is 1. The lowest BCUT2D eigenvalue weighted by Crippen LogP contribution is -2.40. The fourth-order valence-electron chi connectivity index (χ4n) is 2.87. The van der Waals surface area contributed by atoms with Crippen LogP contribution in [-0.2, 0) is 0 Å². The number of methoxy groups -OCH3 is 1. The van der Waals surface area contributed by atoms with E-state index in [0.29, 0.717) is 11.9 Å². The summed E-state index contributed by atoms with van der Waals surface area (Å²) < 4.78 is 5.09. The fourth-order valence-corrected chi connectivity index (χ4v) is 2.87. The molecule has 2 unspecified atom stereocenters. The van der Waals surface area contributed by atoms with Crippen molar-refractivity contribution in [3.05, 3.63) is 30.0 Å².